The summed E-state index contributed by atoms with van der Waals surface area (Å²) in [5, 5.41) is 13.8. The molecule has 1 fully saturated rings. The SMILES string of the molecule is Cc1ccnc(NC2CCC(=O)N(C)C2=O)c1[N+](=O)[O-]. The molecule has 1 unspecified atom stereocenters. The molecule has 1 N–H and O–H groups in total. The van der Waals surface area contributed by atoms with E-state index in [1.807, 2.05) is 0 Å². The molecule has 2 heterocycles. The average Bonchev–Trinajstić information content (AvgIpc) is 2.39. The first-order valence-corrected chi connectivity index (χ1v) is 6.08. The smallest absolute Gasteiger partial charge is 0.314 e. The summed E-state index contributed by atoms with van der Waals surface area (Å²) in [4.78, 5) is 38.8. The highest BCUT2D eigenvalue weighted by atomic mass is 16.6. The van der Waals surface area contributed by atoms with Crippen LogP contribution >= 0.6 is 0 Å². The molecule has 1 aromatic rings. The maximum Gasteiger partial charge on any atom is 0.314 e. The number of rotatable bonds is 3. The Labute approximate surface area is 114 Å². The Morgan fingerprint density at radius 2 is 2.20 bits per heavy atom. The Morgan fingerprint density at radius 3 is 2.85 bits per heavy atom. The number of anilines is 1. The summed E-state index contributed by atoms with van der Waals surface area (Å²) in [6.07, 6.45) is 1.96. The fraction of sp³-hybridized carbons (Fsp3) is 0.417. The van der Waals surface area contributed by atoms with Crippen LogP contribution in [0.15, 0.2) is 12.3 Å². The minimum absolute atomic E-state index is 0.0519. The van der Waals surface area contributed by atoms with Crippen LogP contribution in [-0.4, -0.2) is 39.7 Å². The van der Waals surface area contributed by atoms with Crippen molar-refractivity contribution in [3.05, 3.63) is 27.9 Å². The molecular weight excluding hydrogens is 264 g/mol. The first kappa shape index (κ1) is 13.9. The van der Waals surface area contributed by atoms with Crippen molar-refractivity contribution in [1.29, 1.82) is 0 Å². The van der Waals surface area contributed by atoms with Gasteiger partial charge < -0.3 is 5.32 Å². The largest absolute Gasteiger partial charge is 0.353 e. The second-order valence-corrected chi connectivity index (χ2v) is 4.61. The second-order valence-electron chi connectivity index (χ2n) is 4.61. The molecule has 2 amide bonds. The van der Waals surface area contributed by atoms with Gasteiger partial charge in [-0.1, -0.05) is 0 Å². The van der Waals surface area contributed by atoms with Crippen LogP contribution in [0, 0.1) is 17.0 Å². The summed E-state index contributed by atoms with van der Waals surface area (Å²) in [5.41, 5.74) is 0.306. The monoisotopic (exact) mass is 278 g/mol. The summed E-state index contributed by atoms with van der Waals surface area (Å²) < 4.78 is 0. The Morgan fingerprint density at radius 1 is 1.50 bits per heavy atom. The third-order valence-corrected chi connectivity index (χ3v) is 3.27. The maximum atomic E-state index is 12.0. The van der Waals surface area contributed by atoms with E-state index < -0.39 is 16.9 Å². The lowest BCUT2D eigenvalue weighted by Gasteiger charge is -2.28. The van der Waals surface area contributed by atoms with Crippen molar-refractivity contribution in [2.45, 2.75) is 25.8 Å². The number of carbonyl (C=O) groups is 2. The van der Waals surface area contributed by atoms with Crippen molar-refractivity contribution < 1.29 is 14.5 Å². The van der Waals surface area contributed by atoms with Gasteiger partial charge >= 0.3 is 5.69 Å². The highest BCUT2D eigenvalue weighted by Crippen LogP contribution is 2.27. The maximum absolute atomic E-state index is 12.0. The van der Waals surface area contributed by atoms with Gasteiger partial charge in [-0.3, -0.25) is 24.6 Å². The van der Waals surface area contributed by atoms with Gasteiger partial charge in [-0.05, 0) is 19.4 Å². The van der Waals surface area contributed by atoms with E-state index in [0.29, 0.717) is 12.0 Å². The van der Waals surface area contributed by atoms with Crippen LogP contribution in [0.3, 0.4) is 0 Å². The van der Waals surface area contributed by atoms with Crippen molar-refractivity contribution in [1.82, 2.24) is 9.88 Å². The summed E-state index contributed by atoms with van der Waals surface area (Å²) in [5.74, 6) is -0.602. The molecule has 20 heavy (non-hydrogen) atoms. The number of likely N-dealkylation sites (tertiary alicyclic amines) is 1. The van der Waals surface area contributed by atoms with E-state index in [1.165, 1.54) is 19.3 Å². The molecule has 106 valence electrons. The zero-order chi connectivity index (χ0) is 14.9. The van der Waals surface area contributed by atoms with Crippen LogP contribution in [0.25, 0.3) is 0 Å². The lowest BCUT2D eigenvalue weighted by molar-refractivity contribution is -0.384. The van der Waals surface area contributed by atoms with E-state index in [4.69, 9.17) is 0 Å². The number of imide groups is 1. The van der Waals surface area contributed by atoms with E-state index in [-0.39, 0.29) is 23.8 Å². The highest BCUT2D eigenvalue weighted by molar-refractivity contribution is 6.01. The van der Waals surface area contributed by atoms with Gasteiger partial charge in [0.1, 0.15) is 6.04 Å². The van der Waals surface area contributed by atoms with Crippen molar-refractivity contribution in [3.8, 4) is 0 Å². The number of nitrogens with zero attached hydrogens (tertiary/aromatic N) is 3. The number of amides is 2. The number of hydrogen-bond acceptors (Lipinski definition) is 6. The fourth-order valence-electron chi connectivity index (χ4n) is 2.10. The molecule has 0 aromatic carbocycles. The number of carbonyl (C=O) groups excluding carboxylic acids is 2. The Hall–Kier alpha value is -2.51. The van der Waals surface area contributed by atoms with Crippen LogP contribution in [0.2, 0.25) is 0 Å². The number of pyridine rings is 1. The number of piperidine rings is 1. The predicted molar refractivity (Wildman–Crippen MR) is 70.1 cm³/mol. The molecule has 1 atom stereocenters. The average molecular weight is 278 g/mol. The number of nitrogens with one attached hydrogen (secondary N) is 1. The zero-order valence-electron chi connectivity index (χ0n) is 11.1. The topological polar surface area (TPSA) is 105 Å². The standard InChI is InChI=1S/C12H14N4O4/c1-7-5-6-13-11(10(7)16(19)20)14-8-3-4-9(17)15(2)12(8)18/h5-6,8H,3-4H2,1-2H3,(H,13,14). The number of hydrogen-bond donors (Lipinski definition) is 1. The van der Waals surface area contributed by atoms with E-state index >= 15 is 0 Å². The number of aryl methyl sites for hydroxylation is 1. The molecule has 0 aliphatic carbocycles. The van der Waals surface area contributed by atoms with Gasteiger partial charge in [0.15, 0.2) is 0 Å². The van der Waals surface area contributed by atoms with E-state index in [2.05, 4.69) is 10.3 Å². The Bertz CT molecular complexity index is 587. The summed E-state index contributed by atoms with van der Waals surface area (Å²) in [7, 11) is 1.40. The lowest BCUT2D eigenvalue weighted by atomic mass is 10.0. The van der Waals surface area contributed by atoms with Crippen LogP contribution in [0.5, 0.6) is 0 Å². The van der Waals surface area contributed by atoms with Crippen molar-refractivity contribution >= 4 is 23.3 Å². The molecule has 1 aliphatic heterocycles. The molecule has 2 rings (SSSR count). The molecular formula is C12H14N4O4. The van der Waals surface area contributed by atoms with Gasteiger partial charge in [-0.15, -0.1) is 0 Å². The number of nitro groups is 1. The minimum atomic E-state index is -0.675. The fourth-order valence-corrected chi connectivity index (χ4v) is 2.10. The van der Waals surface area contributed by atoms with Crippen molar-refractivity contribution in [3.63, 3.8) is 0 Å². The molecule has 0 bridgehead atoms. The second kappa shape index (κ2) is 5.24. The normalized spacial score (nSPS) is 19.1. The number of aromatic nitrogens is 1. The molecule has 1 aromatic heterocycles. The van der Waals surface area contributed by atoms with Crippen LogP contribution in [0.1, 0.15) is 18.4 Å². The quantitative estimate of drug-likeness (QED) is 0.499. The molecule has 0 spiro atoms. The van der Waals surface area contributed by atoms with Crippen LogP contribution < -0.4 is 5.32 Å². The lowest BCUT2D eigenvalue weighted by Crippen LogP contribution is -2.48. The van der Waals surface area contributed by atoms with Crippen LogP contribution in [0.4, 0.5) is 11.5 Å². The van der Waals surface area contributed by atoms with Gasteiger partial charge in [0, 0.05) is 25.2 Å². The van der Waals surface area contributed by atoms with E-state index in [0.717, 1.165) is 4.90 Å². The number of likely N-dealkylation sites (N-methyl/N-ethyl adjacent to an activating group) is 1. The molecule has 1 aliphatic rings. The van der Waals surface area contributed by atoms with Crippen molar-refractivity contribution in [2.75, 3.05) is 12.4 Å². The first-order valence-electron chi connectivity index (χ1n) is 6.08. The van der Waals surface area contributed by atoms with Gasteiger partial charge in [0.05, 0.1) is 4.92 Å². The van der Waals surface area contributed by atoms with Gasteiger partial charge in [-0.25, -0.2) is 4.98 Å². The summed E-state index contributed by atoms with van der Waals surface area (Å²) in [6, 6.07) is 0.854. The molecule has 8 heteroatoms. The zero-order valence-corrected chi connectivity index (χ0v) is 11.1. The van der Waals surface area contributed by atoms with Gasteiger partial charge in [0.25, 0.3) is 5.91 Å². The van der Waals surface area contributed by atoms with Gasteiger partial charge in [0.2, 0.25) is 11.7 Å². The Kier molecular flexibility index (Phi) is 3.64. The molecule has 0 saturated carbocycles. The summed E-state index contributed by atoms with van der Waals surface area (Å²) in [6.45, 7) is 1.60. The molecule has 8 nitrogen and oxygen atoms in total. The van der Waals surface area contributed by atoms with Crippen LogP contribution in [-0.2, 0) is 9.59 Å². The minimum Gasteiger partial charge on any atom is -0.353 e. The molecule has 0 radical (unpaired) electrons. The van der Waals surface area contributed by atoms with Gasteiger partial charge in [-0.2, -0.15) is 0 Å². The molecule has 1 saturated heterocycles. The Balaban J connectivity index is 2.27. The van der Waals surface area contributed by atoms with E-state index in [1.54, 1.807) is 6.92 Å². The summed E-state index contributed by atoms with van der Waals surface area (Å²) >= 11 is 0. The third kappa shape index (κ3) is 2.44. The first-order chi connectivity index (χ1) is 9.41. The van der Waals surface area contributed by atoms with Crippen molar-refractivity contribution in [2.24, 2.45) is 0 Å². The third-order valence-electron chi connectivity index (χ3n) is 3.27. The predicted octanol–water partition coefficient (Wildman–Crippen LogP) is 0.858. The highest BCUT2D eigenvalue weighted by Gasteiger charge is 2.33. The van der Waals surface area contributed by atoms with E-state index in [9.17, 15) is 19.7 Å².